The number of oxime groups is 1. The van der Waals surface area contributed by atoms with Crippen LogP contribution in [-0.4, -0.2) is 47.2 Å². The molecule has 1 saturated carbocycles. The van der Waals surface area contributed by atoms with Gasteiger partial charge in [0.15, 0.2) is 0 Å². The second kappa shape index (κ2) is 14.9. The van der Waals surface area contributed by atoms with Crippen molar-refractivity contribution in [3.63, 3.8) is 0 Å². The summed E-state index contributed by atoms with van der Waals surface area (Å²) >= 11 is 0. The maximum Gasteiger partial charge on any atom is 0.311 e. The molecule has 1 fully saturated rings. The normalized spacial score (nSPS) is 38.4. The topological polar surface area (TPSA) is 129 Å². The molecule has 2 N–H and O–H groups in total. The van der Waals surface area contributed by atoms with E-state index < -0.39 is 30.1 Å². The molecule has 1 aliphatic heterocycles. The summed E-state index contributed by atoms with van der Waals surface area (Å²) in [6.07, 6.45) is 8.45. The van der Waals surface area contributed by atoms with E-state index in [9.17, 15) is 25.1 Å². The summed E-state index contributed by atoms with van der Waals surface area (Å²) in [5.41, 5.74) is 0.908. The Morgan fingerprint density at radius 1 is 1.16 bits per heavy atom. The summed E-state index contributed by atoms with van der Waals surface area (Å²) in [4.78, 5) is 29.9. The zero-order chi connectivity index (χ0) is 27.5. The number of cyclic esters (lactones) is 1. The molecule has 0 amide bonds. The number of hydrogen-bond donors (Lipinski definition) is 2. The largest absolute Gasteiger partial charge is 0.481 e. The molecule has 37 heavy (non-hydrogen) atoms. The molecule has 0 bridgehead atoms. The van der Waals surface area contributed by atoms with Crippen LogP contribution in [-0.2, 0) is 19.2 Å². The van der Waals surface area contributed by atoms with Gasteiger partial charge in [-0.05, 0) is 61.9 Å². The number of allylic oxidation sites excluding steroid dienone is 2. The summed E-state index contributed by atoms with van der Waals surface area (Å²) in [5, 5.41) is 34.3. The minimum atomic E-state index is -0.871. The van der Waals surface area contributed by atoms with Gasteiger partial charge in [0, 0.05) is 12.3 Å². The molecular weight excluding hydrogens is 472 g/mol. The number of aliphatic hydroxyl groups excluding tert-OH is 1. The molecule has 1 heterocycles. The Morgan fingerprint density at radius 2 is 1.86 bits per heavy atom. The summed E-state index contributed by atoms with van der Waals surface area (Å²) in [6.45, 7) is 8.32. The first-order chi connectivity index (χ1) is 17.6. The van der Waals surface area contributed by atoms with Crippen molar-refractivity contribution in [1.82, 2.24) is 0 Å². The van der Waals surface area contributed by atoms with E-state index >= 15 is 0 Å². The molecule has 0 aromatic rings. The van der Waals surface area contributed by atoms with Crippen LogP contribution in [0.4, 0.5) is 0 Å². The number of carboxylic acid groups (broad SMARTS) is 1. The lowest BCUT2D eigenvalue weighted by Gasteiger charge is -2.27. The summed E-state index contributed by atoms with van der Waals surface area (Å²) in [5.74, 6) is -1.55. The fourth-order valence-corrected chi connectivity index (χ4v) is 6.10. The number of esters is 1. The molecule has 8 unspecified atom stereocenters. The number of carbonyl (C=O) groups excluding carboxylic acids is 1. The number of hydrogen-bond acceptors (Lipinski definition) is 7. The van der Waals surface area contributed by atoms with E-state index in [0.29, 0.717) is 36.8 Å². The highest BCUT2D eigenvalue weighted by molar-refractivity contribution is 5.99. The highest BCUT2D eigenvalue weighted by atomic mass is 16.6. The van der Waals surface area contributed by atoms with Gasteiger partial charge in [-0.1, -0.05) is 51.4 Å². The third-order valence-electron chi connectivity index (χ3n) is 7.85. The second-order valence-electron chi connectivity index (χ2n) is 11.1. The highest BCUT2D eigenvalue weighted by Crippen LogP contribution is 2.37. The van der Waals surface area contributed by atoms with Crippen molar-refractivity contribution < 1.29 is 29.4 Å². The average Bonchev–Trinajstić information content (AvgIpc) is 3.32. The molecule has 0 radical (unpaired) electrons. The third kappa shape index (κ3) is 9.30. The van der Waals surface area contributed by atoms with Crippen LogP contribution in [0.15, 0.2) is 29.0 Å². The second-order valence-corrected chi connectivity index (χ2v) is 11.1. The van der Waals surface area contributed by atoms with Gasteiger partial charge in [0.05, 0.1) is 35.8 Å². The third-order valence-corrected chi connectivity index (χ3v) is 7.85. The van der Waals surface area contributed by atoms with E-state index in [-0.39, 0.29) is 29.7 Å². The molecular formula is C29H44N2O6. The Kier molecular flexibility index (Phi) is 12.3. The average molecular weight is 517 g/mol. The van der Waals surface area contributed by atoms with Gasteiger partial charge in [0.25, 0.3) is 0 Å². The van der Waals surface area contributed by atoms with Crippen molar-refractivity contribution in [3.05, 3.63) is 23.8 Å². The van der Waals surface area contributed by atoms with Gasteiger partial charge in [0.2, 0.25) is 0 Å². The van der Waals surface area contributed by atoms with Gasteiger partial charge >= 0.3 is 11.9 Å². The molecule has 2 aliphatic rings. The van der Waals surface area contributed by atoms with Gasteiger partial charge in [-0.15, -0.1) is 0 Å². The van der Waals surface area contributed by atoms with Crippen LogP contribution < -0.4 is 0 Å². The Balaban J connectivity index is 2.38. The Bertz CT molecular complexity index is 905. The van der Waals surface area contributed by atoms with Gasteiger partial charge < -0.3 is 19.8 Å². The minimum Gasteiger partial charge on any atom is -0.481 e. The number of aliphatic hydroxyl groups is 1. The van der Waals surface area contributed by atoms with Crippen LogP contribution in [0.1, 0.15) is 79.1 Å². The van der Waals surface area contributed by atoms with Crippen LogP contribution in [0.5, 0.6) is 0 Å². The molecule has 1 aliphatic carbocycles. The lowest BCUT2D eigenvalue weighted by molar-refractivity contribution is -0.155. The van der Waals surface area contributed by atoms with E-state index in [0.717, 1.165) is 25.7 Å². The SMILES string of the molecule is CO/N=C1\CC(=O)OC(C2CCCC2C(=O)O)C/C=C/C=C(\C#N)C(O)C(C)CC(C)CC(C)CC1C. The zero-order valence-electron chi connectivity index (χ0n) is 22.9. The number of nitrogens with zero attached hydrogens (tertiary/aromatic N) is 2. The molecule has 0 aromatic heterocycles. The van der Waals surface area contributed by atoms with E-state index in [2.05, 4.69) is 25.1 Å². The number of ether oxygens (including phenoxy) is 1. The summed E-state index contributed by atoms with van der Waals surface area (Å²) < 4.78 is 5.90. The van der Waals surface area contributed by atoms with Crippen LogP contribution in [0, 0.1) is 46.8 Å². The molecule has 206 valence electrons. The predicted molar refractivity (Wildman–Crippen MR) is 141 cm³/mol. The summed E-state index contributed by atoms with van der Waals surface area (Å²) in [7, 11) is 1.46. The molecule has 0 spiro atoms. The van der Waals surface area contributed by atoms with Crippen molar-refractivity contribution >= 4 is 17.7 Å². The van der Waals surface area contributed by atoms with E-state index in [1.165, 1.54) is 7.11 Å². The van der Waals surface area contributed by atoms with Crippen LogP contribution in [0.25, 0.3) is 0 Å². The van der Waals surface area contributed by atoms with Gasteiger partial charge in [-0.25, -0.2) is 0 Å². The first-order valence-corrected chi connectivity index (χ1v) is 13.5. The molecule has 2 rings (SSSR count). The standard InChI is InChI=1S/C29H44N2O6/c1-18-13-19(2)15-21(4)28(33)22(17-30)9-6-7-12-26(23-10-8-11-24(23)29(34)35)37-27(32)16-25(31-36-5)20(3)14-18/h6-7,9,18-21,23-24,26,28,33H,8,10-16H2,1-5H3,(H,34,35)/b7-6+,22-9+,31-25+. The van der Waals surface area contributed by atoms with Gasteiger partial charge in [-0.3, -0.25) is 9.59 Å². The van der Waals surface area contributed by atoms with E-state index in [4.69, 9.17) is 9.57 Å². The van der Waals surface area contributed by atoms with Crippen molar-refractivity contribution in [2.24, 2.45) is 40.7 Å². The Labute approximate surface area is 221 Å². The van der Waals surface area contributed by atoms with Crippen molar-refractivity contribution in [2.75, 3.05) is 7.11 Å². The lowest BCUT2D eigenvalue weighted by atomic mass is 9.82. The molecule has 0 aromatic carbocycles. The zero-order valence-corrected chi connectivity index (χ0v) is 22.9. The molecule has 8 nitrogen and oxygen atoms in total. The number of carboxylic acids is 1. The van der Waals surface area contributed by atoms with Crippen molar-refractivity contribution in [1.29, 1.82) is 5.26 Å². The smallest absolute Gasteiger partial charge is 0.311 e. The highest BCUT2D eigenvalue weighted by Gasteiger charge is 2.39. The van der Waals surface area contributed by atoms with Crippen LogP contribution >= 0.6 is 0 Å². The summed E-state index contributed by atoms with van der Waals surface area (Å²) in [6, 6.07) is 2.12. The van der Waals surface area contributed by atoms with E-state index in [1.807, 2.05) is 13.8 Å². The molecule has 0 saturated heterocycles. The fourth-order valence-electron chi connectivity index (χ4n) is 6.10. The number of rotatable bonds is 3. The number of nitriles is 1. The Hall–Kier alpha value is -2.66. The van der Waals surface area contributed by atoms with Crippen LogP contribution in [0.3, 0.4) is 0 Å². The fraction of sp³-hybridized carbons (Fsp3) is 0.724. The van der Waals surface area contributed by atoms with E-state index in [1.54, 1.807) is 18.2 Å². The number of aliphatic carboxylic acids is 1. The predicted octanol–water partition coefficient (Wildman–Crippen LogP) is 5.28. The molecule has 8 atom stereocenters. The quantitative estimate of drug-likeness (QED) is 0.386. The lowest BCUT2D eigenvalue weighted by Crippen LogP contribution is -2.33. The van der Waals surface area contributed by atoms with Crippen molar-refractivity contribution in [2.45, 2.75) is 91.3 Å². The van der Waals surface area contributed by atoms with Crippen molar-refractivity contribution in [3.8, 4) is 6.07 Å². The Morgan fingerprint density at radius 3 is 2.51 bits per heavy atom. The maximum absolute atomic E-state index is 13.0. The first kappa shape index (κ1) is 30.6. The van der Waals surface area contributed by atoms with Gasteiger partial charge in [-0.2, -0.15) is 5.26 Å². The molecule has 8 heteroatoms. The maximum atomic E-state index is 13.0. The van der Waals surface area contributed by atoms with Crippen LogP contribution in [0.2, 0.25) is 0 Å². The monoisotopic (exact) mass is 516 g/mol. The first-order valence-electron chi connectivity index (χ1n) is 13.5. The minimum absolute atomic E-state index is 0.00122. The van der Waals surface area contributed by atoms with Gasteiger partial charge in [0.1, 0.15) is 13.2 Å². The number of carbonyl (C=O) groups is 2.